The quantitative estimate of drug-likeness (QED) is 0.156. The molecule has 0 spiro atoms. The van der Waals surface area contributed by atoms with E-state index in [2.05, 4.69) is 21.1 Å². The van der Waals surface area contributed by atoms with Crippen molar-refractivity contribution in [2.45, 2.75) is 24.1 Å². The van der Waals surface area contributed by atoms with E-state index in [-0.39, 0.29) is 10.0 Å². The van der Waals surface area contributed by atoms with E-state index in [0.717, 1.165) is 11.1 Å². The van der Waals surface area contributed by atoms with E-state index in [1.54, 1.807) is 17.5 Å². The van der Waals surface area contributed by atoms with Gasteiger partial charge in [0.1, 0.15) is 5.71 Å². The van der Waals surface area contributed by atoms with Crippen molar-refractivity contribution in [2.75, 3.05) is 0 Å². The number of rotatable bonds is 9. The number of halogens is 3. The van der Waals surface area contributed by atoms with Crippen LogP contribution in [0.25, 0.3) is 0 Å². The first-order valence-corrected chi connectivity index (χ1v) is 14.2. The van der Waals surface area contributed by atoms with Crippen molar-refractivity contribution < 1.29 is 13.2 Å². The summed E-state index contributed by atoms with van der Waals surface area (Å²) in [5.41, 5.74) is 6.31. The summed E-state index contributed by atoms with van der Waals surface area (Å²) in [5, 5.41) is 9.57. The summed E-state index contributed by atoms with van der Waals surface area (Å²) in [6.45, 7) is 0. The molecule has 188 valence electrons. The maximum absolute atomic E-state index is 13.8. The zero-order valence-corrected chi connectivity index (χ0v) is 22.8. The first kappa shape index (κ1) is 28.3. The lowest BCUT2D eigenvalue weighted by molar-refractivity contribution is -0.0601. The molecule has 2 N–H and O–H groups in total. The number of hydrazone groups is 2. The lowest BCUT2D eigenvalue weighted by Gasteiger charge is -2.13. The summed E-state index contributed by atoms with van der Waals surface area (Å²) in [5.74, 6) is 1.14. The van der Waals surface area contributed by atoms with Gasteiger partial charge in [0.15, 0.2) is 8.64 Å². The second kappa shape index (κ2) is 14.5. The Labute approximate surface area is 230 Å². The number of thiocarbonyl (C=S) groups is 2. The van der Waals surface area contributed by atoms with Gasteiger partial charge in [0.25, 0.3) is 0 Å². The summed E-state index contributed by atoms with van der Waals surface area (Å²) in [6.07, 6.45) is -5.23. The van der Waals surface area contributed by atoms with Crippen molar-refractivity contribution in [3.05, 3.63) is 94.2 Å². The molecule has 4 nitrogen and oxygen atoms in total. The fourth-order valence-electron chi connectivity index (χ4n) is 2.72. The van der Waals surface area contributed by atoms with Crippen LogP contribution < -0.4 is 10.9 Å². The zero-order valence-electron chi connectivity index (χ0n) is 18.7. The van der Waals surface area contributed by atoms with E-state index >= 15 is 0 Å². The second-order valence-electron chi connectivity index (χ2n) is 7.12. The Morgan fingerprint density at radius 2 is 1.31 bits per heavy atom. The van der Waals surface area contributed by atoms with Gasteiger partial charge in [-0.1, -0.05) is 115 Å². The van der Waals surface area contributed by atoms with Crippen LogP contribution in [0.4, 0.5) is 13.2 Å². The summed E-state index contributed by atoms with van der Waals surface area (Å²) >= 11 is 14.3. The number of nitrogens with one attached hydrogen (secondary N) is 2. The Kier molecular flexibility index (Phi) is 11.4. The van der Waals surface area contributed by atoms with Crippen LogP contribution in [0.2, 0.25) is 0 Å². The van der Waals surface area contributed by atoms with E-state index in [9.17, 15) is 13.2 Å². The fourth-order valence-corrected chi connectivity index (χ4v) is 5.08. The molecule has 3 aromatic rings. The number of hydrogen-bond acceptors (Lipinski definition) is 7. The average Bonchev–Trinajstić information content (AvgIpc) is 3.41. The van der Waals surface area contributed by atoms with E-state index in [1.807, 2.05) is 60.7 Å². The minimum Gasteiger partial charge on any atom is -0.262 e. The molecule has 0 radical (unpaired) electrons. The molecule has 3 rings (SSSR count). The van der Waals surface area contributed by atoms with Gasteiger partial charge < -0.3 is 0 Å². The Hall–Kier alpha value is -2.25. The molecule has 0 fully saturated rings. The molecule has 1 aromatic heterocycles. The number of benzene rings is 2. The van der Waals surface area contributed by atoms with Crippen LogP contribution in [-0.2, 0) is 11.5 Å². The molecule has 0 aliphatic carbocycles. The Morgan fingerprint density at radius 1 is 0.778 bits per heavy atom. The second-order valence-corrected chi connectivity index (χ2v) is 11.4. The zero-order chi connectivity index (χ0) is 25.8. The van der Waals surface area contributed by atoms with Gasteiger partial charge in [0.05, 0.1) is 10.6 Å². The molecular formula is C24H21F3N4S5. The minimum absolute atomic E-state index is 0.145. The fraction of sp³-hybridized carbons (Fsp3) is 0.167. The predicted octanol–water partition coefficient (Wildman–Crippen LogP) is 7.38. The number of hydrogen-bond donors (Lipinski definition) is 2. The number of nitrogens with zero attached hydrogens (tertiary/aromatic N) is 2. The molecule has 0 aliphatic rings. The highest BCUT2D eigenvalue weighted by molar-refractivity contribution is 8.22. The van der Waals surface area contributed by atoms with Crippen LogP contribution in [0, 0.1) is 0 Å². The third-order valence-electron chi connectivity index (χ3n) is 4.46. The van der Waals surface area contributed by atoms with Crippen LogP contribution in [0.5, 0.6) is 0 Å². The molecule has 0 bridgehead atoms. The van der Waals surface area contributed by atoms with Gasteiger partial charge >= 0.3 is 6.18 Å². The normalized spacial score (nSPS) is 12.3. The van der Waals surface area contributed by atoms with Crippen molar-refractivity contribution >= 4 is 79.4 Å². The predicted molar refractivity (Wildman–Crippen MR) is 156 cm³/mol. The topological polar surface area (TPSA) is 48.8 Å². The lowest BCUT2D eigenvalue weighted by Crippen LogP contribution is -2.30. The van der Waals surface area contributed by atoms with Crippen molar-refractivity contribution in [3.8, 4) is 0 Å². The number of thioether (sulfide) groups is 2. The number of alkyl halides is 3. The Bertz CT molecular complexity index is 1180. The summed E-state index contributed by atoms with van der Waals surface area (Å²) in [7, 11) is 0. The van der Waals surface area contributed by atoms with Crippen molar-refractivity contribution in [1.29, 1.82) is 0 Å². The van der Waals surface area contributed by atoms with Gasteiger partial charge in [0.2, 0.25) is 0 Å². The van der Waals surface area contributed by atoms with Gasteiger partial charge in [-0.2, -0.15) is 23.4 Å². The van der Waals surface area contributed by atoms with Crippen molar-refractivity contribution in [1.82, 2.24) is 10.9 Å². The molecule has 12 heteroatoms. The van der Waals surface area contributed by atoms with E-state index in [0.29, 0.717) is 20.7 Å². The summed E-state index contributed by atoms with van der Waals surface area (Å²) in [4.78, 5) is 0.580. The minimum atomic E-state index is -4.67. The van der Waals surface area contributed by atoms with Crippen LogP contribution in [0.3, 0.4) is 0 Å². The number of thiophene rings is 1. The van der Waals surface area contributed by atoms with Gasteiger partial charge in [-0.25, -0.2) is 0 Å². The summed E-state index contributed by atoms with van der Waals surface area (Å²) < 4.78 is 41.9. The first-order chi connectivity index (χ1) is 17.3. The standard InChI is InChI=1S/C24H21F3N4S5/c25-24(26,27)21(29-31-23(33)36-16-18-10-5-2-6-11-18)14-19(20-12-7-13-34-20)28-30-22(32)35-15-17-8-3-1-4-9-17/h1-13H,14-16H2,(H,30,32)(H,31,33)/b28-19-,29-21-. The molecule has 0 aliphatic heterocycles. The Morgan fingerprint density at radius 3 is 1.78 bits per heavy atom. The molecule has 0 amide bonds. The highest BCUT2D eigenvalue weighted by Gasteiger charge is 2.37. The summed E-state index contributed by atoms with van der Waals surface area (Å²) in [6, 6.07) is 22.7. The largest absolute Gasteiger partial charge is 0.431 e. The third-order valence-corrected chi connectivity index (χ3v) is 7.93. The van der Waals surface area contributed by atoms with Crippen LogP contribution in [0.15, 0.2) is 88.4 Å². The van der Waals surface area contributed by atoms with Crippen LogP contribution in [-0.4, -0.2) is 26.2 Å². The Balaban J connectivity index is 1.65. The maximum atomic E-state index is 13.8. The monoisotopic (exact) mass is 582 g/mol. The smallest absolute Gasteiger partial charge is 0.262 e. The van der Waals surface area contributed by atoms with Gasteiger partial charge in [-0.05, 0) is 22.6 Å². The van der Waals surface area contributed by atoms with Crippen molar-refractivity contribution in [2.24, 2.45) is 10.2 Å². The molecule has 0 atom stereocenters. The van der Waals surface area contributed by atoms with E-state index < -0.39 is 18.3 Å². The maximum Gasteiger partial charge on any atom is 0.431 e. The van der Waals surface area contributed by atoms with Crippen molar-refractivity contribution in [3.63, 3.8) is 0 Å². The lowest BCUT2D eigenvalue weighted by atomic mass is 10.1. The molecule has 1 heterocycles. The SMILES string of the molecule is FC(F)(F)/C(C/C(=N/NC(=S)SCc1ccccc1)c1cccs1)=N\NC(=S)SCc1ccccc1. The molecule has 2 aromatic carbocycles. The van der Waals surface area contributed by atoms with E-state index in [4.69, 9.17) is 24.4 Å². The van der Waals surface area contributed by atoms with Gasteiger partial charge in [0, 0.05) is 17.9 Å². The highest BCUT2D eigenvalue weighted by Crippen LogP contribution is 2.23. The molecular weight excluding hydrogens is 562 g/mol. The molecule has 36 heavy (non-hydrogen) atoms. The van der Waals surface area contributed by atoms with E-state index in [1.165, 1.54) is 34.9 Å². The van der Waals surface area contributed by atoms with Gasteiger partial charge in [-0.15, -0.1) is 11.3 Å². The van der Waals surface area contributed by atoms with Crippen LogP contribution >= 0.6 is 59.3 Å². The highest BCUT2D eigenvalue weighted by atomic mass is 32.2. The average molecular weight is 583 g/mol. The molecule has 0 saturated heterocycles. The molecule has 0 saturated carbocycles. The van der Waals surface area contributed by atoms with Crippen LogP contribution in [0.1, 0.15) is 22.4 Å². The molecule has 0 unspecified atom stereocenters. The third kappa shape index (κ3) is 10.0. The van der Waals surface area contributed by atoms with Gasteiger partial charge in [-0.3, -0.25) is 10.9 Å². The first-order valence-electron chi connectivity index (χ1n) is 10.5.